The summed E-state index contributed by atoms with van der Waals surface area (Å²) >= 11 is 6.11. The summed E-state index contributed by atoms with van der Waals surface area (Å²) in [6.07, 6.45) is 0.673. The summed E-state index contributed by atoms with van der Waals surface area (Å²) in [4.78, 5) is 3.73. The van der Waals surface area contributed by atoms with Crippen LogP contribution in [0, 0.1) is 6.92 Å². The Hall–Kier alpha value is -1.82. The maximum Gasteiger partial charge on any atom is 0.243 e. The van der Waals surface area contributed by atoms with Gasteiger partial charge in [-0.05, 0) is 48.4 Å². The first-order valence-corrected chi connectivity index (χ1v) is 9.63. The second-order valence-corrected chi connectivity index (χ2v) is 8.55. The van der Waals surface area contributed by atoms with Crippen molar-refractivity contribution in [2.24, 2.45) is 0 Å². The highest BCUT2D eigenvalue weighted by atomic mass is 35.5. The topological polar surface area (TPSA) is 53.2 Å². The van der Waals surface area contributed by atoms with E-state index in [4.69, 9.17) is 11.6 Å². The molecule has 1 aliphatic rings. The molecule has 0 saturated heterocycles. The molecule has 0 unspecified atom stereocenters. The van der Waals surface area contributed by atoms with Gasteiger partial charge in [-0.15, -0.1) is 0 Å². The minimum atomic E-state index is -3.50. The number of nitrogens with zero attached hydrogens (tertiary/aromatic N) is 1. The molecule has 1 aliphatic heterocycles. The lowest BCUT2D eigenvalue weighted by atomic mass is 10.1. The highest BCUT2D eigenvalue weighted by Crippen LogP contribution is 2.32. The molecule has 1 N–H and O–H groups in total. The molecule has 0 aliphatic carbocycles. The lowest BCUT2D eigenvalue weighted by Crippen LogP contribution is -2.35. The number of hydrogen-bond donors (Lipinski definition) is 1. The van der Waals surface area contributed by atoms with Crippen molar-refractivity contribution in [3.8, 4) is 0 Å². The van der Waals surface area contributed by atoms with E-state index in [9.17, 15) is 8.42 Å². The van der Waals surface area contributed by atoms with E-state index in [0.29, 0.717) is 29.4 Å². The Kier molecular flexibility index (Phi) is 3.67. The summed E-state index contributed by atoms with van der Waals surface area (Å²) in [6.45, 7) is 2.74. The van der Waals surface area contributed by atoms with Gasteiger partial charge in [-0.2, -0.15) is 4.31 Å². The third-order valence-corrected chi connectivity index (χ3v) is 6.61. The summed E-state index contributed by atoms with van der Waals surface area (Å²) in [5.41, 5.74) is 4.06. The van der Waals surface area contributed by atoms with E-state index < -0.39 is 10.0 Å². The van der Waals surface area contributed by atoms with Gasteiger partial charge in [-0.25, -0.2) is 8.42 Å². The zero-order valence-electron chi connectivity index (χ0n) is 13.2. The van der Waals surface area contributed by atoms with Crippen molar-refractivity contribution < 1.29 is 8.42 Å². The molecule has 0 spiro atoms. The third-order valence-electron chi connectivity index (χ3n) is 4.53. The Labute approximate surface area is 146 Å². The van der Waals surface area contributed by atoms with Crippen LogP contribution in [0.5, 0.6) is 0 Å². The van der Waals surface area contributed by atoms with Crippen LogP contribution in [-0.4, -0.2) is 24.3 Å². The average Bonchev–Trinajstić information content (AvgIpc) is 2.92. The van der Waals surface area contributed by atoms with Crippen molar-refractivity contribution in [1.82, 2.24) is 9.29 Å². The first kappa shape index (κ1) is 15.7. The number of halogens is 1. The third kappa shape index (κ3) is 2.53. The average molecular weight is 361 g/mol. The van der Waals surface area contributed by atoms with Gasteiger partial charge in [0.15, 0.2) is 0 Å². The fourth-order valence-corrected chi connectivity index (χ4v) is 4.98. The molecular weight excluding hydrogens is 344 g/mol. The molecule has 24 heavy (non-hydrogen) atoms. The highest BCUT2D eigenvalue weighted by Gasteiger charge is 2.30. The fraction of sp³-hybridized carbons (Fsp3) is 0.222. The number of fused-ring (bicyclic) bond motifs is 3. The van der Waals surface area contributed by atoms with E-state index in [2.05, 4.69) is 4.98 Å². The molecule has 0 atom stereocenters. The first-order valence-electron chi connectivity index (χ1n) is 7.81. The molecule has 0 bridgehead atoms. The predicted octanol–water partition coefficient (Wildman–Crippen LogP) is 3.88. The Bertz CT molecular complexity index is 1040. The Morgan fingerprint density at radius 3 is 2.79 bits per heavy atom. The molecule has 4 nitrogen and oxygen atoms in total. The van der Waals surface area contributed by atoms with Crippen LogP contribution >= 0.6 is 11.6 Å². The van der Waals surface area contributed by atoms with Crippen LogP contribution in [0.25, 0.3) is 10.9 Å². The molecule has 0 saturated carbocycles. The molecule has 0 radical (unpaired) electrons. The van der Waals surface area contributed by atoms with Gasteiger partial charge in [-0.3, -0.25) is 0 Å². The number of aromatic nitrogens is 1. The van der Waals surface area contributed by atoms with Crippen molar-refractivity contribution in [2.45, 2.75) is 24.8 Å². The highest BCUT2D eigenvalue weighted by molar-refractivity contribution is 7.89. The molecule has 3 aromatic rings. The van der Waals surface area contributed by atoms with Gasteiger partial charge in [0, 0.05) is 41.1 Å². The van der Waals surface area contributed by atoms with E-state index in [1.165, 1.54) is 0 Å². The lowest BCUT2D eigenvalue weighted by molar-refractivity contribution is 0.391. The van der Waals surface area contributed by atoms with Crippen LogP contribution in [-0.2, 0) is 23.0 Å². The monoisotopic (exact) mass is 360 g/mol. The van der Waals surface area contributed by atoms with E-state index in [0.717, 1.165) is 27.7 Å². The molecule has 2 heterocycles. The molecule has 2 aromatic carbocycles. The standard InChI is InChI=1S/C18H17ClN2O2S/c1-12-3-2-4-14(9-12)24(22,23)21-8-7-18-16(11-21)15-10-13(19)5-6-17(15)20-18/h2-6,9-10,20H,7-8,11H2,1H3. The number of aryl methyl sites for hydroxylation is 1. The maximum absolute atomic E-state index is 13.0. The molecule has 4 rings (SSSR count). The molecule has 0 amide bonds. The number of aromatic amines is 1. The zero-order chi connectivity index (χ0) is 16.9. The number of hydrogen-bond acceptors (Lipinski definition) is 2. The SMILES string of the molecule is Cc1cccc(S(=O)(=O)N2CCc3[nH]c4ccc(Cl)cc4c3C2)c1. The van der Waals surface area contributed by atoms with Crippen molar-refractivity contribution in [3.05, 3.63) is 64.3 Å². The van der Waals surface area contributed by atoms with E-state index in [-0.39, 0.29) is 0 Å². The summed E-state index contributed by atoms with van der Waals surface area (Å²) in [7, 11) is -3.50. The molecule has 124 valence electrons. The van der Waals surface area contributed by atoms with Gasteiger partial charge in [0.2, 0.25) is 10.0 Å². The predicted molar refractivity (Wildman–Crippen MR) is 95.8 cm³/mol. The second kappa shape index (κ2) is 5.62. The van der Waals surface area contributed by atoms with Crippen molar-refractivity contribution in [1.29, 1.82) is 0 Å². The van der Waals surface area contributed by atoms with Gasteiger partial charge < -0.3 is 4.98 Å². The number of nitrogens with one attached hydrogen (secondary N) is 1. The van der Waals surface area contributed by atoms with Gasteiger partial charge in [-0.1, -0.05) is 23.7 Å². The van der Waals surface area contributed by atoms with Gasteiger partial charge in [0.25, 0.3) is 0 Å². The smallest absolute Gasteiger partial charge is 0.243 e. The van der Waals surface area contributed by atoms with Gasteiger partial charge in [0.1, 0.15) is 0 Å². The van der Waals surface area contributed by atoms with Crippen LogP contribution in [0.4, 0.5) is 0 Å². The maximum atomic E-state index is 13.0. The van der Waals surface area contributed by atoms with Gasteiger partial charge >= 0.3 is 0 Å². The molecule has 1 aromatic heterocycles. The van der Waals surface area contributed by atoms with Crippen LogP contribution in [0.2, 0.25) is 5.02 Å². The minimum Gasteiger partial charge on any atom is -0.358 e. The van der Waals surface area contributed by atoms with E-state index in [1.54, 1.807) is 22.5 Å². The van der Waals surface area contributed by atoms with Crippen LogP contribution in [0.1, 0.15) is 16.8 Å². The summed E-state index contributed by atoms with van der Waals surface area (Å²) in [6, 6.07) is 12.7. The van der Waals surface area contributed by atoms with Crippen molar-refractivity contribution in [2.75, 3.05) is 6.54 Å². The normalized spacial score (nSPS) is 15.6. The van der Waals surface area contributed by atoms with E-state index in [1.807, 2.05) is 31.2 Å². The second-order valence-electron chi connectivity index (χ2n) is 6.18. The summed E-state index contributed by atoms with van der Waals surface area (Å²) in [5, 5.41) is 1.66. The van der Waals surface area contributed by atoms with Crippen molar-refractivity contribution >= 4 is 32.5 Å². The summed E-state index contributed by atoms with van der Waals surface area (Å²) in [5.74, 6) is 0. The van der Waals surface area contributed by atoms with Crippen LogP contribution < -0.4 is 0 Å². The quantitative estimate of drug-likeness (QED) is 0.754. The Balaban J connectivity index is 1.76. The zero-order valence-corrected chi connectivity index (χ0v) is 14.8. The van der Waals surface area contributed by atoms with Crippen LogP contribution in [0.15, 0.2) is 47.4 Å². The summed E-state index contributed by atoms with van der Waals surface area (Å²) < 4.78 is 27.5. The fourth-order valence-electron chi connectivity index (χ4n) is 3.29. The van der Waals surface area contributed by atoms with Crippen molar-refractivity contribution in [3.63, 3.8) is 0 Å². The number of benzene rings is 2. The molecule has 6 heteroatoms. The largest absolute Gasteiger partial charge is 0.358 e. The molecular formula is C18H17ClN2O2S. The Morgan fingerprint density at radius 2 is 2.00 bits per heavy atom. The van der Waals surface area contributed by atoms with Crippen LogP contribution in [0.3, 0.4) is 0 Å². The lowest BCUT2D eigenvalue weighted by Gasteiger charge is -2.26. The van der Waals surface area contributed by atoms with Gasteiger partial charge in [0.05, 0.1) is 4.90 Å². The first-order chi connectivity index (χ1) is 11.4. The minimum absolute atomic E-state index is 0.351. The molecule has 0 fully saturated rings. The number of sulfonamides is 1. The Morgan fingerprint density at radius 1 is 1.17 bits per heavy atom. The number of H-pyrrole nitrogens is 1. The van der Waals surface area contributed by atoms with E-state index >= 15 is 0 Å². The number of rotatable bonds is 2.